The molecule has 3 amide bonds. The lowest BCUT2D eigenvalue weighted by molar-refractivity contribution is -0.128. The summed E-state index contributed by atoms with van der Waals surface area (Å²) in [6.07, 6.45) is 3.06. The summed E-state index contributed by atoms with van der Waals surface area (Å²) >= 11 is 0. The molecule has 0 bridgehead atoms. The molecule has 4 N–H and O–H groups in total. The van der Waals surface area contributed by atoms with E-state index in [1.807, 2.05) is 26.0 Å². The number of hydrogen-bond acceptors (Lipinski definition) is 5. The van der Waals surface area contributed by atoms with E-state index in [-0.39, 0.29) is 24.2 Å². The molecule has 34 heavy (non-hydrogen) atoms. The van der Waals surface area contributed by atoms with Crippen molar-refractivity contribution in [2.75, 3.05) is 13.2 Å². The predicted octanol–water partition coefficient (Wildman–Crippen LogP) is 2.17. The van der Waals surface area contributed by atoms with Crippen LogP contribution in [-0.2, 0) is 16.0 Å². The Balaban J connectivity index is 1.45. The zero-order valence-corrected chi connectivity index (χ0v) is 19.6. The van der Waals surface area contributed by atoms with Gasteiger partial charge in [0.2, 0.25) is 11.8 Å². The van der Waals surface area contributed by atoms with Crippen LogP contribution >= 0.6 is 0 Å². The number of carbonyl (C=O) groups excluding carboxylic acids is 3. The summed E-state index contributed by atoms with van der Waals surface area (Å²) in [5, 5.41) is 18.8. The van der Waals surface area contributed by atoms with Gasteiger partial charge in [0.1, 0.15) is 23.5 Å². The molecule has 0 radical (unpaired) electrons. The third kappa shape index (κ3) is 5.16. The summed E-state index contributed by atoms with van der Waals surface area (Å²) in [5.41, 5.74) is 2.26. The van der Waals surface area contributed by atoms with Crippen LogP contribution in [-0.4, -0.2) is 47.9 Å². The van der Waals surface area contributed by atoms with Crippen LogP contribution in [0.15, 0.2) is 18.2 Å². The van der Waals surface area contributed by atoms with E-state index in [0.29, 0.717) is 31.7 Å². The maximum absolute atomic E-state index is 13.1. The average molecular weight is 466 g/mol. The van der Waals surface area contributed by atoms with Crippen molar-refractivity contribution in [3.05, 3.63) is 29.5 Å². The molecule has 180 valence electrons. The first-order chi connectivity index (χ1) is 16.4. The topological polar surface area (TPSA) is 136 Å². The van der Waals surface area contributed by atoms with Crippen LogP contribution < -0.4 is 20.7 Å². The van der Waals surface area contributed by atoms with E-state index in [1.54, 1.807) is 6.07 Å². The summed E-state index contributed by atoms with van der Waals surface area (Å²) in [6, 6.07) is 6.15. The molecule has 0 saturated carbocycles. The lowest BCUT2D eigenvalue weighted by Gasteiger charge is -2.25. The van der Waals surface area contributed by atoms with Crippen molar-refractivity contribution in [1.29, 1.82) is 5.26 Å². The second-order valence-corrected chi connectivity index (χ2v) is 9.51. The number of nitrogens with one attached hydrogen (secondary N) is 4. The van der Waals surface area contributed by atoms with Gasteiger partial charge in [-0.1, -0.05) is 19.9 Å². The van der Waals surface area contributed by atoms with Crippen molar-refractivity contribution in [3.63, 3.8) is 0 Å². The molecule has 9 heteroatoms. The van der Waals surface area contributed by atoms with E-state index in [2.05, 4.69) is 27.0 Å². The number of ether oxygens (including phenoxy) is 1. The lowest BCUT2D eigenvalue weighted by atomic mass is 9.91. The Labute approximate surface area is 198 Å². The molecule has 1 saturated heterocycles. The molecule has 0 unspecified atom stereocenters. The molecule has 2 aliphatic rings. The van der Waals surface area contributed by atoms with Crippen LogP contribution in [0.2, 0.25) is 0 Å². The Hall–Kier alpha value is -3.54. The van der Waals surface area contributed by atoms with Crippen molar-refractivity contribution in [2.24, 2.45) is 11.8 Å². The molecule has 2 aliphatic heterocycles. The minimum atomic E-state index is -0.808. The molecule has 9 nitrogen and oxygen atoms in total. The predicted molar refractivity (Wildman–Crippen MR) is 126 cm³/mol. The molecule has 0 aliphatic carbocycles. The fourth-order valence-electron chi connectivity index (χ4n) is 4.68. The molecule has 1 aromatic heterocycles. The molecule has 1 fully saturated rings. The number of nitriles is 1. The van der Waals surface area contributed by atoms with Gasteiger partial charge in [0.05, 0.1) is 12.7 Å². The maximum Gasteiger partial charge on any atom is 0.268 e. The van der Waals surface area contributed by atoms with Crippen molar-refractivity contribution < 1.29 is 19.1 Å². The highest BCUT2D eigenvalue weighted by Crippen LogP contribution is 2.34. The summed E-state index contributed by atoms with van der Waals surface area (Å²) in [4.78, 5) is 41.3. The number of rotatable bonds is 8. The highest BCUT2D eigenvalue weighted by Gasteiger charge is 2.29. The largest absolute Gasteiger partial charge is 0.492 e. The Morgan fingerprint density at radius 3 is 2.85 bits per heavy atom. The zero-order valence-electron chi connectivity index (χ0n) is 19.6. The fourth-order valence-corrected chi connectivity index (χ4v) is 4.68. The normalized spacial score (nSPS) is 19.0. The van der Waals surface area contributed by atoms with Gasteiger partial charge in [0.25, 0.3) is 5.91 Å². The van der Waals surface area contributed by atoms with Gasteiger partial charge in [-0.2, -0.15) is 5.26 Å². The van der Waals surface area contributed by atoms with E-state index in [1.165, 1.54) is 0 Å². The maximum atomic E-state index is 13.1. The van der Waals surface area contributed by atoms with Gasteiger partial charge < -0.3 is 25.7 Å². The summed E-state index contributed by atoms with van der Waals surface area (Å²) in [7, 11) is 0. The highest BCUT2D eigenvalue weighted by molar-refractivity contribution is 6.02. The average Bonchev–Trinajstić information content (AvgIpc) is 3.45. The van der Waals surface area contributed by atoms with Crippen LogP contribution in [0.4, 0.5) is 0 Å². The second kappa shape index (κ2) is 10.2. The summed E-state index contributed by atoms with van der Waals surface area (Å²) in [6.45, 7) is 5.19. The number of H-pyrrole nitrogens is 1. The molecular weight excluding hydrogens is 434 g/mol. The number of fused-ring (bicyclic) bond motifs is 3. The molecule has 4 rings (SSSR count). The zero-order chi connectivity index (χ0) is 24.2. The molecule has 2 aromatic rings. The Morgan fingerprint density at radius 1 is 1.29 bits per heavy atom. The van der Waals surface area contributed by atoms with Gasteiger partial charge in [-0.15, -0.1) is 0 Å². The van der Waals surface area contributed by atoms with Gasteiger partial charge in [-0.3, -0.25) is 14.4 Å². The van der Waals surface area contributed by atoms with Gasteiger partial charge in [0.15, 0.2) is 0 Å². The van der Waals surface area contributed by atoms with Gasteiger partial charge in [-0.25, -0.2) is 0 Å². The Morgan fingerprint density at radius 2 is 2.12 bits per heavy atom. The lowest BCUT2D eigenvalue weighted by Crippen LogP contribution is -2.51. The molecule has 1 aromatic carbocycles. The van der Waals surface area contributed by atoms with Crippen molar-refractivity contribution in [1.82, 2.24) is 20.9 Å². The van der Waals surface area contributed by atoms with E-state index in [4.69, 9.17) is 4.74 Å². The van der Waals surface area contributed by atoms with Crippen LogP contribution in [0.25, 0.3) is 10.9 Å². The van der Waals surface area contributed by atoms with Crippen molar-refractivity contribution in [2.45, 2.75) is 58.0 Å². The van der Waals surface area contributed by atoms with E-state index >= 15 is 0 Å². The van der Waals surface area contributed by atoms with E-state index in [9.17, 15) is 19.6 Å². The second-order valence-electron chi connectivity index (χ2n) is 9.51. The third-order valence-corrected chi connectivity index (χ3v) is 6.42. The number of piperidine rings is 1. The van der Waals surface area contributed by atoms with Gasteiger partial charge in [-0.05, 0) is 49.3 Å². The standard InChI is InChI=1S/C25H31N5O4/c1-14(2)10-20(24(32)28-17(13-26)11-16-4-3-8-27-23(16)31)30-25(33)21-12-18-19(29-21)6-5-15-7-9-34-22(15)18/h5-6,12,14,16-17,20,29H,3-4,7-11H2,1-2H3,(H,27,31)(H,28,32)(H,30,33)/t16-,17-,20-/m0/s1. The molecular formula is C25H31N5O4. The fraction of sp³-hybridized carbons (Fsp3) is 0.520. The smallest absolute Gasteiger partial charge is 0.268 e. The first-order valence-electron chi connectivity index (χ1n) is 11.9. The third-order valence-electron chi connectivity index (χ3n) is 6.42. The van der Waals surface area contributed by atoms with Crippen LogP contribution in [0.1, 0.15) is 55.6 Å². The number of nitrogens with zero attached hydrogens (tertiary/aromatic N) is 1. The Bertz CT molecular complexity index is 1130. The van der Waals surface area contributed by atoms with E-state index < -0.39 is 23.9 Å². The summed E-state index contributed by atoms with van der Waals surface area (Å²) < 4.78 is 5.73. The quantitative estimate of drug-likeness (QED) is 0.474. The number of amides is 3. The van der Waals surface area contributed by atoms with Crippen molar-refractivity contribution >= 4 is 28.6 Å². The minimum Gasteiger partial charge on any atom is -0.492 e. The molecule has 3 heterocycles. The van der Waals surface area contributed by atoms with E-state index in [0.717, 1.165) is 35.1 Å². The first kappa shape index (κ1) is 23.6. The number of benzene rings is 1. The van der Waals surface area contributed by atoms with Crippen LogP contribution in [0.3, 0.4) is 0 Å². The minimum absolute atomic E-state index is 0.0814. The van der Waals surface area contributed by atoms with Gasteiger partial charge >= 0.3 is 0 Å². The van der Waals surface area contributed by atoms with Gasteiger partial charge in [0, 0.05) is 29.8 Å². The van der Waals surface area contributed by atoms with Crippen molar-refractivity contribution in [3.8, 4) is 11.8 Å². The summed E-state index contributed by atoms with van der Waals surface area (Å²) in [5.74, 6) is -0.267. The molecule has 3 atom stereocenters. The molecule has 0 spiro atoms. The number of aromatic nitrogens is 1. The van der Waals surface area contributed by atoms with Crippen LogP contribution in [0.5, 0.6) is 5.75 Å². The monoisotopic (exact) mass is 465 g/mol. The number of aromatic amines is 1. The SMILES string of the molecule is CC(C)C[C@H](NC(=O)c1cc2c3c(ccc2[nH]1)CCO3)C(=O)N[C@H](C#N)C[C@@H]1CCCNC1=O. The number of hydrogen-bond donors (Lipinski definition) is 4. The van der Waals surface area contributed by atoms with Crippen LogP contribution in [0, 0.1) is 23.2 Å². The highest BCUT2D eigenvalue weighted by atomic mass is 16.5. The Kier molecular flexibility index (Phi) is 7.06. The first-order valence-corrected chi connectivity index (χ1v) is 11.9. The number of carbonyl (C=O) groups is 3.